The van der Waals surface area contributed by atoms with Crippen molar-refractivity contribution in [1.82, 2.24) is 9.80 Å². The number of aliphatic hydroxyl groups is 1. The summed E-state index contributed by atoms with van der Waals surface area (Å²) in [6.07, 6.45) is -0.353. The van der Waals surface area contributed by atoms with Crippen molar-refractivity contribution in [3.63, 3.8) is 0 Å². The van der Waals surface area contributed by atoms with E-state index >= 15 is 0 Å². The van der Waals surface area contributed by atoms with E-state index in [9.17, 15) is 14.7 Å². The number of hydrogen-bond acceptors (Lipinski definition) is 9. The summed E-state index contributed by atoms with van der Waals surface area (Å²) >= 11 is 0. The first kappa shape index (κ1) is 29.4. The molecule has 0 saturated carbocycles. The second-order valence-corrected chi connectivity index (χ2v) is 11.3. The molecule has 0 radical (unpaired) electrons. The van der Waals surface area contributed by atoms with E-state index in [1.807, 2.05) is 39.1 Å². The summed E-state index contributed by atoms with van der Waals surface area (Å²) in [5.41, 5.74) is 2.23. The predicted octanol–water partition coefficient (Wildman–Crippen LogP) is 4.14. The van der Waals surface area contributed by atoms with Gasteiger partial charge in [-0.25, -0.2) is 4.79 Å². The summed E-state index contributed by atoms with van der Waals surface area (Å²) in [4.78, 5) is 30.7. The van der Waals surface area contributed by atoms with Gasteiger partial charge >= 0.3 is 6.03 Å². The third-order valence-electron chi connectivity index (χ3n) is 7.95. The first-order chi connectivity index (χ1) is 21.3. The molecule has 3 aromatic rings. The summed E-state index contributed by atoms with van der Waals surface area (Å²) in [5.74, 6) is 2.51. The molecule has 0 bridgehead atoms. The normalized spacial score (nSPS) is 19.1. The number of amides is 3. The fraction of sp³-hybridized carbons (Fsp3) is 0.375. The molecule has 0 saturated heterocycles. The SMILES string of the molecule is C[C@@H]1CN([C@@H](C)CO)C(=O)c2cccc(NC(=O)Nc3ccc4c(c3)OCO4)c2O[C@H]1CN(C)Cc1ccc2c(c1)OCO2. The molecule has 44 heavy (non-hydrogen) atoms. The number of ether oxygens (including phenoxy) is 5. The van der Waals surface area contributed by atoms with Crippen molar-refractivity contribution < 1.29 is 38.4 Å². The Morgan fingerprint density at radius 1 is 1.00 bits per heavy atom. The Hall–Kier alpha value is -4.68. The molecular formula is C32H36N4O8. The van der Waals surface area contributed by atoms with Gasteiger partial charge in [-0.2, -0.15) is 0 Å². The molecule has 3 aliphatic rings. The molecule has 6 rings (SSSR count). The van der Waals surface area contributed by atoms with Gasteiger partial charge < -0.3 is 44.3 Å². The number of hydrogen-bond donors (Lipinski definition) is 3. The number of rotatable bonds is 8. The third kappa shape index (κ3) is 6.17. The molecule has 0 aromatic heterocycles. The molecule has 12 nitrogen and oxygen atoms in total. The highest BCUT2D eigenvalue weighted by Crippen LogP contribution is 2.37. The lowest BCUT2D eigenvalue weighted by atomic mass is 9.99. The number of fused-ring (bicyclic) bond motifs is 3. The number of urea groups is 1. The molecule has 3 heterocycles. The summed E-state index contributed by atoms with van der Waals surface area (Å²) in [7, 11) is 2.00. The first-order valence-corrected chi connectivity index (χ1v) is 14.5. The molecule has 3 N–H and O–H groups in total. The highest BCUT2D eigenvalue weighted by atomic mass is 16.7. The van der Waals surface area contributed by atoms with E-state index in [0.717, 1.165) is 17.1 Å². The number of nitrogens with zero attached hydrogens (tertiary/aromatic N) is 2. The Morgan fingerprint density at radius 2 is 1.70 bits per heavy atom. The number of carbonyl (C=O) groups is 2. The van der Waals surface area contributed by atoms with Gasteiger partial charge in [-0.1, -0.05) is 19.1 Å². The summed E-state index contributed by atoms with van der Waals surface area (Å²) in [6, 6.07) is 15.2. The van der Waals surface area contributed by atoms with E-state index in [4.69, 9.17) is 23.7 Å². The van der Waals surface area contributed by atoms with E-state index in [-0.39, 0.29) is 43.9 Å². The number of para-hydroxylation sites is 1. The summed E-state index contributed by atoms with van der Waals surface area (Å²) < 4.78 is 28.4. The van der Waals surface area contributed by atoms with E-state index in [0.29, 0.717) is 48.1 Å². The highest BCUT2D eigenvalue weighted by molar-refractivity contribution is 6.04. The quantitative estimate of drug-likeness (QED) is 0.347. The van der Waals surface area contributed by atoms with Gasteiger partial charge in [-0.05, 0) is 55.9 Å². The Bertz CT molecular complexity index is 1550. The molecule has 3 aliphatic heterocycles. The van der Waals surface area contributed by atoms with Gasteiger partial charge in [-0.15, -0.1) is 0 Å². The molecule has 0 spiro atoms. The minimum absolute atomic E-state index is 0.101. The molecule has 3 atom stereocenters. The lowest BCUT2D eigenvalue weighted by molar-refractivity contribution is 0.0343. The van der Waals surface area contributed by atoms with Crippen molar-refractivity contribution in [2.75, 3.05) is 51.0 Å². The Kier molecular flexibility index (Phi) is 8.36. The molecule has 3 amide bonds. The number of aliphatic hydroxyl groups excluding tert-OH is 1. The smallest absolute Gasteiger partial charge is 0.323 e. The maximum atomic E-state index is 13.8. The van der Waals surface area contributed by atoms with E-state index in [2.05, 4.69) is 15.5 Å². The number of benzene rings is 3. The van der Waals surface area contributed by atoms with Gasteiger partial charge in [0.1, 0.15) is 6.10 Å². The van der Waals surface area contributed by atoms with Crippen LogP contribution in [-0.2, 0) is 6.54 Å². The minimum atomic E-state index is -0.513. The van der Waals surface area contributed by atoms with Crippen LogP contribution < -0.4 is 34.3 Å². The topological polar surface area (TPSA) is 131 Å². The van der Waals surface area contributed by atoms with Crippen molar-refractivity contribution in [3.05, 3.63) is 65.7 Å². The molecule has 12 heteroatoms. The second-order valence-electron chi connectivity index (χ2n) is 11.3. The molecule has 0 fully saturated rings. The van der Waals surface area contributed by atoms with Crippen molar-refractivity contribution in [1.29, 1.82) is 0 Å². The molecule has 3 aromatic carbocycles. The van der Waals surface area contributed by atoms with Crippen LogP contribution in [0.4, 0.5) is 16.2 Å². The summed E-state index contributed by atoms with van der Waals surface area (Å²) in [6.45, 7) is 5.55. The zero-order valence-corrected chi connectivity index (χ0v) is 24.9. The first-order valence-electron chi connectivity index (χ1n) is 14.5. The maximum absolute atomic E-state index is 13.8. The van der Waals surface area contributed by atoms with Gasteiger partial charge in [0.2, 0.25) is 13.6 Å². The van der Waals surface area contributed by atoms with Crippen molar-refractivity contribution in [2.45, 2.75) is 32.5 Å². The molecule has 0 aliphatic carbocycles. The third-order valence-corrected chi connectivity index (χ3v) is 7.95. The van der Waals surface area contributed by atoms with Crippen LogP contribution in [0.25, 0.3) is 0 Å². The molecule has 232 valence electrons. The van der Waals surface area contributed by atoms with Gasteiger partial charge in [0.25, 0.3) is 5.91 Å². The van der Waals surface area contributed by atoms with Crippen LogP contribution in [0.15, 0.2) is 54.6 Å². The molecule has 0 unspecified atom stereocenters. The number of carbonyl (C=O) groups excluding carboxylic acids is 2. The van der Waals surface area contributed by atoms with Crippen LogP contribution in [0.2, 0.25) is 0 Å². The van der Waals surface area contributed by atoms with Gasteiger partial charge in [0, 0.05) is 37.3 Å². The number of anilines is 2. The lowest BCUT2D eigenvalue weighted by Crippen LogP contribution is -2.49. The van der Waals surface area contributed by atoms with Crippen molar-refractivity contribution >= 4 is 23.3 Å². The lowest BCUT2D eigenvalue weighted by Gasteiger charge is -2.38. The Labute approximate surface area is 255 Å². The van der Waals surface area contributed by atoms with Gasteiger partial charge in [0.05, 0.1) is 23.9 Å². The fourth-order valence-electron chi connectivity index (χ4n) is 5.54. The van der Waals surface area contributed by atoms with Crippen LogP contribution in [0, 0.1) is 5.92 Å². The van der Waals surface area contributed by atoms with Crippen LogP contribution >= 0.6 is 0 Å². The maximum Gasteiger partial charge on any atom is 0.323 e. The zero-order chi connectivity index (χ0) is 30.8. The van der Waals surface area contributed by atoms with Crippen LogP contribution in [0.3, 0.4) is 0 Å². The van der Waals surface area contributed by atoms with E-state index < -0.39 is 12.1 Å². The van der Waals surface area contributed by atoms with Crippen molar-refractivity contribution in [3.8, 4) is 28.7 Å². The van der Waals surface area contributed by atoms with Crippen LogP contribution in [-0.4, -0.2) is 79.3 Å². The monoisotopic (exact) mass is 604 g/mol. The minimum Gasteiger partial charge on any atom is -0.486 e. The zero-order valence-electron chi connectivity index (χ0n) is 24.9. The Balaban J connectivity index is 1.24. The average Bonchev–Trinajstić information content (AvgIpc) is 3.68. The van der Waals surface area contributed by atoms with Gasteiger partial charge in [-0.3, -0.25) is 9.69 Å². The van der Waals surface area contributed by atoms with Crippen LogP contribution in [0.5, 0.6) is 28.7 Å². The van der Waals surface area contributed by atoms with E-state index in [1.54, 1.807) is 41.3 Å². The standard InChI is InChI=1S/C32H36N4O8/c1-19-13-36(20(2)16-37)31(38)23-5-4-6-24(34-32(39)33-22-8-10-26-28(12-22)43-18-41-26)30(23)44-29(19)15-35(3)14-21-7-9-25-27(11-21)42-17-40-25/h4-12,19-20,29,37H,13-18H2,1-3H3,(H2,33,34,39)/t19-,20+,29+/m1/s1. The molecular weight excluding hydrogens is 568 g/mol. The van der Waals surface area contributed by atoms with Crippen molar-refractivity contribution in [2.24, 2.45) is 5.92 Å². The second kappa shape index (κ2) is 12.5. The number of nitrogens with one attached hydrogen (secondary N) is 2. The average molecular weight is 605 g/mol. The van der Waals surface area contributed by atoms with Gasteiger partial charge in [0.15, 0.2) is 28.7 Å². The predicted molar refractivity (Wildman–Crippen MR) is 162 cm³/mol. The Morgan fingerprint density at radius 3 is 2.45 bits per heavy atom. The summed E-state index contributed by atoms with van der Waals surface area (Å²) in [5, 5.41) is 15.6. The van der Waals surface area contributed by atoms with Crippen LogP contribution in [0.1, 0.15) is 29.8 Å². The van der Waals surface area contributed by atoms with E-state index in [1.165, 1.54) is 0 Å². The highest BCUT2D eigenvalue weighted by Gasteiger charge is 2.34. The largest absolute Gasteiger partial charge is 0.486 e. The number of likely N-dealkylation sites (N-methyl/N-ethyl adjacent to an activating group) is 1. The fourth-order valence-corrected chi connectivity index (χ4v) is 5.54.